The number of carbonyl (C=O) groups is 1. The quantitative estimate of drug-likeness (QED) is 0.732. The van der Waals surface area contributed by atoms with Gasteiger partial charge in [-0.1, -0.05) is 24.3 Å². The molecule has 4 heteroatoms. The fraction of sp³-hybridized carbons (Fsp3) is 0.417. The van der Waals surface area contributed by atoms with E-state index in [1.54, 1.807) is 0 Å². The van der Waals surface area contributed by atoms with Crippen molar-refractivity contribution in [1.29, 1.82) is 0 Å². The molecule has 4 N–H and O–H groups in total. The maximum atomic E-state index is 10.6. The van der Waals surface area contributed by atoms with Crippen LogP contribution in [0.1, 0.15) is 17.5 Å². The van der Waals surface area contributed by atoms with Crippen molar-refractivity contribution in [1.82, 2.24) is 4.90 Å². The molecule has 0 aliphatic heterocycles. The van der Waals surface area contributed by atoms with E-state index in [0.717, 1.165) is 12.1 Å². The molecule has 4 nitrogen and oxygen atoms in total. The molecule has 0 fully saturated rings. The van der Waals surface area contributed by atoms with Gasteiger partial charge in [-0.25, -0.2) is 0 Å². The number of hydrogen-bond donors (Lipinski definition) is 2. The number of primary amides is 1. The summed E-state index contributed by atoms with van der Waals surface area (Å²) < 4.78 is 0. The maximum Gasteiger partial charge on any atom is 0.218 e. The summed E-state index contributed by atoms with van der Waals surface area (Å²) in [5, 5.41) is 0. The SMILES string of the molecule is CN(CCC(N)=O)Cc1ccc(CN)cc1. The molecule has 0 aliphatic carbocycles. The smallest absolute Gasteiger partial charge is 0.218 e. The van der Waals surface area contributed by atoms with Gasteiger partial charge < -0.3 is 16.4 Å². The highest BCUT2D eigenvalue weighted by atomic mass is 16.1. The highest BCUT2D eigenvalue weighted by Gasteiger charge is 2.02. The lowest BCUT2D eigenvalue weighted by molar-refractivity contribution is -0.118. The lowest BCUT2D eigenvalue weighted by atomic mass is 10.1. The molecule has 1 rings (SSSR count). The fourth-order valence-corrected chi connectivity index (χ4v) is 1.47. The Morgan fingerprint density at radius 3 is 2.31 bits per heavy atom. The summed E-state index contributed by atoms with van der Waals surface area (Å²) in [4.78, 5) is 12.7. The standard InChI is InChI=1S/C12H19N3O/c1-15(7-6-12(14)16)9-11-4-2-10(8-13)3-5-11/h2-5H,6-9,13H2,1H3,(H2,14,16). The molecule has 16 heavy (non-hydrogen) atoms. The predicted octanol–water partition coefficient (Wildman–Crippen LogP) is 0.453. The summed E-state index contributed by atoms with van der Waals surface area (Å²) in [6, 6.07) is 8.17. The summed E-state index contributed by atoms with van der Waals surface area (Å²) >= 11 is 0. The molecule has 0 unspecified atom stereocenters. The summed E-state index contributed by atoms with van der Waals surface area (Å²) in [5.74, 6) is -0.259. The van der Waals surface area contributed by atoms with Crippen LogP contribution in [0, 0.1) is 0 Å². The average Bonchev–Trinajstić information content (AvgIpc) is 2.27. The van der Waals surface area contributed by atoms with Crippen LogP contribution in [-0.2, 0) is 17.9 Å². The predicted molar refractivity (Wildman–Crippen MR) is 64.5 cm³/mol. The normalized spacial score (nSPS) is 10.7. The van der Waals surface area contributed by atoms with Gasteiger partial charge in [0.05, 0.1) is 0 Å². The monoisotopic (exact) mass is 221 g/mol. The first kappa shape index (κ1) is 12.7. The van der Waals surface area contributed by atoms with Crippen LogP contribution in [0.2, 0.25) is 0 Å². The molecule has 0 aliphatic rings. The van der Waals surface area contributed by atoms with Crippen LogP contribution in [0.5, 0.6) is 0 Å². The molecule has 0 atom stereocenters. The lowest BCUT2D eigenvalue weighted by Crippen LogP contribution is -2.24. The van der Waals surface area contributed by atoms with Crippen molar-refractivity contribution in [2.24, 2.45) is 11.5 Å². The highest BCUT2D eigenvalue weighted by molar-refractivity contribution is 5.73. The second-order valence-corrected chi connectivity index (χ2v) is 3.97. The number of benzene rings is 1. The van der Waals surface area contributed by atoms with Crippen molar-refractivity contribution in [3.8, 4) is 0 Å². The van der Waals surface area contributed by atoms with Crippen LogP contribution in [0.4, 0.5) is 0 Å². The van der Waals surface area contributed by atoms with E-state index in [2.05, 4.69) is 17.0 Å². The van der Waals surface area contributed by atoms with Gasteiger partial charge in [0.1, 0.15) is 0 Å². The van der Waals surface area contributed by atoms with Crippen molar-refractivity contribution in [3.05, 3.63) is 35.4 Å². The van der Waals surface area contributed by atoms with Gasteiger partial charge in [0.2, 0.25) is 5.91 Å². The van der Waals surface area contributed by atoms with Gasteiger partial charge in [0.15, 0.2) is 0 Å². The Labute approximate surface area is 96.2 Å². The molecular formula is C12H19N3O. The van der Waals surface area contributed by atoms with E-state index in [9.17, 15) is 4.79 Å². The molecule has 88 valence electrons. The second-order valence-electron chi connectivity index (χ2n) is 3.97. The zero-order valence-corrected chi connectivity index (χ0v) is 9.65. The van der Waals surface area contributed by atoms with Gasteiger partial charge in [0, 0.05) is 26.1 Å². The first-order chi connectivity index (χ1) is 7.61. The maximum absolute atomic E-state index is 10.6. The number of hydrogen-bond acceptors (Lipinski definition) is 3. The molecule has 0 bridgehead atoms. The number of nitrogens with two attached hydrogens (primary N) is 2. The van der Waals surface area contributed by atoms with Crippen molar-refractivity contribution < 1.29 is 4.79 Å². The van der Waals surface area contributed by atoms with E-state index in [-0.39, 0.29) is 5.91 Å². The lowest BCUT2D eigenvalue weighted by Gasteiger charge is -2.15. The minimum absolute atomic E-state index is 0.259. The Hall–Kier alpha value is -1.39. The summed E-state index contributed by atoms with van der Waals surface area (Å²) in [6.07, 6.45) is 0.400. The first-order valence-corrected chi connectivity index (χ1v) is 5.36. The number of carbonyl (C=O) groups excluding carboxylic acids is 1. The average molecular weight is 221 g/mol. The van der Waals surface area contributed by atoms with E-state index < -0.39 is 0 Å². The van der Waals surface area contributed by atoms with Crippen molar-refractivity contribution in [2.75, 3.05) is 13.6 Å². The third-order valence-electron chi connectivity index (χ3n) is 2.45. The van der Waals surface area contributed by atoms with Crippen LogP contribution in [-0.4, -0.2) is 24.4 Å². The highest BCUT2D eigenvalue weighted by Crippen LogP contribution is 2.06. The van der Waals surface area contributed by atoms with Gasteiger partial charge in [-0.05, 0) is 18.2 Å². The minimum atomic E-state index is -0.259. The van der Waals surface area contributed by atoms with E-state index in [0.29, 0.717) is 19.5 Å². The van der Waals surface area contributed by atoms with Crippen LogP contribution < -0.4 is 11.5 Å². The van der Waals surface area contributed by atoms with E-state index >= 15 is 0 Å². The third kappa shape index (κ3) is 4.42. The van der Waals surface area contributed by atoms with Crippen LogP contribution in [0.15, 0.2) is 24.3 Å². The Morgan fingerprint density at radius 1 is 1.25 bits per heavy atom. The summed E-state index contributed by atoms with van der Waals surface area (Å²) in [5.41, 5.74) is 13.0. The minimum Gasteiger partial charge on any atom is -0.370 e. The molecule has 1 amide bonds. The fourth-order valence-electron chi connectivity index (χ4n) is 1.47. The molecule has 0 radical (unpaired) electrons. The largest absolute Gasteiger partial charge is 0.370 e. The van der Waals surface area contributed by atoms with Gasteiger partial charge in [0.25, 0.3) is 0 Å². The van der Waals surface area contributed by atoms with E-state index in [4.69, 9.17) is 11.5 Å². The van der Waals surface area contributed by atoms with Crippen LogP contribution in [0.25, 0.3) is 0 Å². The van der Waals surface area contributed by atoms with Crippen molar-refractivity contribution in [2.45, 2.75) is 19.5 Å². The molecule has 0 saturated heterocycles. The Kier molecular flexibility index (Phi) is 4.95. The summed E-state index contributed by atoms with van der Waals surface area (Å²) in [7, 11) is 1.97. The zero-order valence-electron chi connectivity index (χ0n) is 9.65. The second kappa shape index (κ2) is 6.25. The number of nitrogens with zero attached hydrogens (tertiary/aromatic N) is 1. The topological polar surface area (TPSA) is 72.3 Å². The van der Waals surface area contributed by atoms with Crippen LogP contribution >= 0.6 is 0 Å². The molecule has 0 spiro atoms. The Bertz CT molecular complexity index is 335. The van der Waals surface area contributed by atoms with Crippen LogP contribution in [0.3, 0.4) is 0 Å². The molecule has 0 aromatic heterocycles. The molecule has 0 heterocycles. The first-order valence-electron chi connectivity index (χ1n) is 5.36. The zero-order chi connectivity index (χ0) is 12.0. The molecule has 0 saturated carbocycles. The van der Waals surface area contributed by atoms with Gasteiger partial charge >= 0.3 is 0 Å². The number of amides is 1. The molecule has 1 aromatic rings. The Balaban J connectivity index is 2.43. The molecule has 1 aromatic carbocycles. The van der Waals surface area contributed by atoms with Gasteiger partial charge in [-0.15, -0.1) is 0 Å². The summed E-state index contributed by atoms with van der Waals surface area (Å²) in [6.45, 7) is 2.07. The van der Waals surface area contributed by atoms with Gasteiger partial charge in [-0.3, -0.25) is 4.79 Å². The van der Waals surface area contributed by atoms with E-state index in [1.807, 2.05) is 19.2 Å². The number of rotatable bonds is 6. The van der Waals surface area contributed by atoms with Crippen molar-refractivity contribution >= 4 is 5.91 Å². The van der Waals surface area contributed by atoms with Gasteiger partial charge in [-0.2, -0.15) is 0 Å². The van der Waals surface area contributed by atoms with Crippen molar-refractivity contribution in [3.63, 3.8) is 0 Å². The van der Waals surface area contributed by atoms with E-state index in [1.165, 1.54) is 5.56 Å². The Morgan fingerprint density at radius 2 is 1.81 bits per heavy atom. The molecular weight excluding hydrogens is 202 g/mol. The third-order valence-corrected chi connectivity index (χ3v) is 2.45.